The van der Waals surface area contributed by atoms with Crippen molar-refractivity contribution in [1.82, 2.24) is 9.80 Å². The average molecular weight is 285 g/mol. The molecule has 0 spiro atoms. The SMILES string of the molecule is COCC(N)C(CO)N1CCC(CN2CCCC2)CC1. The first-order chi connectivity index (χ1) is 9.74. The van der Waals surface area contributed by atoms with Crippen LogP contribution in [0.5, 0.6) is 0 Å². The molecule has 2 heterocycles. The lowest BCUT2D eigenvalue weighted by atomic mass is 9.94. The molecule has 2 aliphatic rings. The molecule has 3 N–H and O–H groups in total. The molecular weight excluding hydrogens is 254 g/mol. The van der Waals surface area contributed by atoms with Crippen LogP contribution in [0.3, 0.4) is 0 Å². The Kier molecular flexibility index (Phi) is 6.71. The topological polar surface area (TPSA) is 62.0 Å². The van der Waals surface area contributed by atoms with Gasteiger partial charge in [0, 0.05) is 19.7 Å². The molecule has 20 heavy (non-hydrogen) atoms. The van der Waals surface area contributed by atoms with Crippen LogP contribution in [-0.4, -0.2) is 80.0 Å². The number of likely N-dealkylation sites (tertiary alicyclic amines) is 2. The van der Waals surface area contributed by atoms with Crippen molar-refractivity contribution in [3.63, 3.8) is 0 Å². The van der Waals surface area contributed by atoms with Crippen LogP contribution in [0.15, 0.2) is 0 Å². The summed E-state index contributed by atoms with van der Waals surface area (Å²) in [6.45, 7) is 6.60. The Labute approximate surface area is 123 Å². The smallest absolute Gasteiger partial charge is 0.0629 e. The second-order valence-electron chi connectivity index (χ2n) is 6.36. The van der Waals surface area contributed by atoms with E-state index in [2.05, 4.69) is 9.80 Å². The molecule has 5 nitrogen and oxygen atoms in total. The fraction of sp³-hybridized carbons (Fsp3) is 1.00. The normalized spacial score (nSPS) is 25.9. The number of rotatable bonds is 7. The molecule has 2 fully saturated rings. The van der Waals surface area contributed by atoms with Gasteiger partial charge in [0.2, 0.25) is 0 Å². The molecule has 2 aliphatic heterocycles. The van der Waals surface area contributed by atoms with Crippen molar-refractivity contribution >= 4 is 0 Å². The zero-order valence-electron chi connectivity index (χ0n) is 12.8. The highest BCUT2D eigenvalue weighted by Crippen LogP contribution is 2.22. The standard InChI is InChI=1S/C15H31N3O2/c1-20-12-14(16)15(11-19)18-8-4-13(5-9-18)10-17-6-2-3-7-17/h13-15,19H,2-12,16H2,1H3. The summed E-state index contributed by atoms with van der Waals surface area (Å²) in [6, 6.07) is -0.0529. The first-order valence-electron chi connectivity index (χ1n) is 8.06. The van der Waals surface area contributed by atoms with Crippen molar-refractivity contribution in [3.05, 3.63) is 0 Å². The second-order valence-corrected chi connectivity index (χ2v) is 6.36. The first kappa shape index (κ1) is 16.2. The lowest BCUT2D eigenvalue weighted by Crippen LogP contribution is -2.54. The minimum Gasteiger partial charge on any atom is -0.395 e. The molecule has 2 unspecified atom stereocenters. The molecule has 2 saturated heterocycles. The van der Waals surface area contributed by atoms with Crippen LogP contribution >= 0.6 is 0 Å². The van der Waals surface area contributed by atoms with Gasteiger partial charge in [0.25, 0.3) is 0 Å². The van der Waals surface area contributed by atoms with E-state index in [-0.39, 0.29) is 18.7 Å². The number of aliphatic hydroxyl groups excluding tert-OH is 1. The Morgan fingerprint density at radius 1 is 1.20 bits per heavy atom. The number of nitrogens with zero attached hydrogens (tertiary/aromatic N) is 2. The zero-order chi connectivity index (χ0) is 14.4. The summed E-state index contributed by atoms with van der Waals surface area (Å²) in [5.41, 5.74) is 6.10. The van der Waals surface area contributed by atoms with Crippen LogP contribution in [0.4, 0.5) is 0 Å². The molecule has 0 aromatic rings. The maximum atomic E-state index is 9.59. The number of hydrogen-bond acceptors (Lipinski definition) is 5. The van der Waals surface area contributed by atoms with E-state index in [1.165, 1.54) is 45.3 Å². The van der Waals surface area contributed by atoms with Crippen LogP contribution in [0.2, 0.25) is 0 Å². The molecule has 0 aromatic heterocycles. The van der Waals surface area contributed by atoms with Crippen LogP contribution in [-0.2, 0) is 4.74 Å². The van der Waals surface area contributed by atoms with Gasteiger partial charge in [-0.2, -0.15) is 0 Å². The van der Waals surface area contributed by atoms with Gasteiger partial charge in [0.05, 0.1) is 19.3 Å². The second kappa shape index (κ2) is 8.29. The Morgan fingerprint density at radius 3 is 2.40 bits per heavy atom. The summed E-state index contributed by atoms with van der Waals surface area (Å²) >= 11 is 0. The third kappa shape index (κ3) is 4.40. The molecular formula is C15H31N3O2. The minimum atomic E-state index is -0.0971. The average Bonchev–Trinajstić information content (AvgIpc) is 2.95. The summed E-state index contributed by atoms with van der Waals surface area (Å²) in [6.07, 6.45) is 5.20. The predicted octanol–water partition coefficient (Wildman–Crippen LogP) is 0.129. The predicted molar refractivity (Wildman–Crippen MR) is 80.7 cm³/mol. The number of piperidine rings is 1. The van der Waals surface area contributed by atoms with Crippen molar-refractivity contribution in [1.29, 1.82) is 0 Å². The summed E-state index contributed by atoms with van der Waals surface area (Å²) < 4.78 is 5.12. The molecule has 0 bridgehead atoms. The van der Waals surface area contributed by atoms with E-state index in [1.807, 2.05) is 0 Å². The number of aliphatic hydroxyl groups is 1. The number of hydrogen-bond donors (Lipinski definition) is 2. The number of nitrogens with two attached hydrogens (primary N) is 1. The van der Waals surface area contributed by atoms with Crippen LogP contribution in [0, 0.1) is 5.92 Å². The van der Waals surface area contributed by atoms with Gasteiger partial charge in [0.15, 0.2) is 0 Å². The van der Waals surface area contributed by atoms with E-state index in [0.29, 0.717) is 6.61 Å². The summed E-state index contributed by atoms with van der Waals surface area (Å²) in [5.74, 6) is 0.822. The molecule has 118 valence electrons. The van der Waals surface area contributed by atoms with Crippen molar-refractivity contribution in [2.75, 3.05) is 53.0 Å². The van der Waals surface area contributed by atoms with Crippen LogP contribution in [0.25, 0.3) is 0 Å². The highest BCUT2D eigenvalue weighted by molar-refractivity contribution is 4.86. The molecule has 0 aliphatic carbocycles. The van der Waals surface area contributed by atoms with Gasteiger partial charge in [-0.15, -0.1) is 0 Å². The van der Waals surface area contributed by atoms with Gasteiger partial charge in [-0.05, 0) is 57.8 Å². The highest BCUT2D eigenvalue weighted by Gasteiger charge is 2.29. The van der Waals surface area contributed by atoms with E-state index in [1.54, 1.807) is 7.11 Å². The number of ether oxygens (including phenoxy) is 1. The Bertz CT molecular complexity index is 264. The van der Waals surface area contributed by atoms with Gasteiger partial charge in [0.1, 0.15) is 0 Å². The fourth-order valence-electron chi connectivity index (χ4n) is 3.62. The van der Waals surface area contributed by atoms with Crippen molar-refractivity contribution in [2.45, 2.75) is 37.8 Å². The maximum absolute atomic E-state index is 9.59. The third-order valence-corrected chi connectivity index (χ3v) is 4.87. The highest BCUT2D eigenvalue weighted by atomic mass is 16.5. The number of methoxy groups -OCH3 is 1. The van der Waals surface area contributed by atoms with E-state index >= 15 is 0 Å². The molecule has 2 atom stereocenters. The zero-order valence-corrected chi connectivity index (χ0v) is 12.8. The van der Waals surface area contributed by atoms with Crippen LogP contribution < -0.4 is 5.73 Å². The largest absolute Gasteiger partial charge is 0.395 e. The molecule has 0 saturated carbocycles. The van der Waals surface area contributed by atoms with Crippen molar-refractivity contribution < 1.29 is 9.84 Å². The van der Waals surface area contributed by atoms with Crippen molar-refractivity contribution in [2.24, 2.45) is 11.7 Å². The molecule has 2 rings (SSSR count). The first-order valence-corrected chi connectivity index (χ1v) is 8.06. The lowest BCUT2D eigenvalue weighted by Gasteiger charge is -2.39. The Morgan fingerprint density at radius 2 is 1.85 bits per heavy atom. The fourth-order valence-corrected chi connectivity index (χ4v) is 3.62. The molecule has 0 aromatic carbocycles. The monoisotopic (exact) mass is 285 g/mol. The summed E-state index contributed by atoms with van der Waals surface area (Å²) in [4.78, 5) is 4.96. The van der Waals surface area contributed by atoms with E-state index < -0.39 is 0 Å². The van der Waals surface area contributed by atoms with Crippen LogP contribution in [0.1, 0.15) is 25.7 Å². The molecule has 0 amide bonds. The Balaban J connectivity index is 1.74. The van der Waals surface area contributed by atoms with E-state index in [0.717, 1.165) is 19.0 Å². The van der Waals surface area contributed by atoms with Gasteiger partial charge in [-0.3, -0.25) is 4.90 Å². The van der Waals surface area contributed by atoms with Gasteiger partial charge >= 0.3 is 0 Å². The summed E-state index contributed by atoms with van der Waals surface area (Å²) in [7, 11) is 1.66. The molecule has 0 radical (unpaired) electrons. The quantitative estimate of drug-likeness (QED) is 0.696. The lowest BCUT2D eigenvalue weighted by molar-refractivity contribution is 0.0442. The van der Waals surface area contributed by atoms with Gasteiger partial charge in [-0.1, -0.05) is 0 Å². The maximum Gasteiger partial charge on any atom is 0.0629 e. The minimum absolute atomic E-state index is 0.0442. The Hall–Kier alpha value is -0.200. The van der Waals surface area contributed by atoms with E-state index in [4.69, 9.17) is 10.5 Å². The summed E-state index contributed by atoms with van der Waals surface area (Å²) in [5, 5.41) is 9.59. The molecule has 5 heteroatoms. The third-order valence-electron chi connectivity index (χ3n) is 4.87. The van der Waals surface area contributed by atoms with Crippen molar-refractivity contribution in [3.8, 4) is 0 Å². The van der Waals surface area contributed by atoms with Gasteiger partial charge in [-0.25, -0.2) is 0 Å². The van der Waals surface area contributed by atoms with E-state index in [9.17, 15) is 5.11 Å². The van der Waals surface area contributed by atoms with Gasteiger partial charge < -0.3 is 20.5 Å².